The van der Waals surface area contributed by atoms with E-state index in [0.717, 1.165) is 31.5 Å². The van der Waals surface area contributed by atoms with Gasteiger partial charge in [-0.05, 0) is 50.4 Å². The van der Waals surface area contributed by atoms with Crippen molar-refractivity contribution >= 4 is 17.5 Å². The topological polar surface area (TPSA) is 111 Å². The molecule has 0 bridgehead atoms. The van der Waals surface area contributed by atoms with Gasteiger partial charge >= 0.3 is 0 Å². The second-order valence-corrected chi connectivity index (χ2v) is 8.32. The van der Waals surface area contributed by atoms with Gasteiger partial charge in [-0.15, -0.1) is 11.6 Å². The quantitative estimate of drug-likeness (QED) is 0.447. The third kappa shape index (κ3) is 4.67. The van der Waals surface area contributed by atoms with E-state index in [-0.39, 0.29) is 12.5 Å². The molecule has 5 N–H and O–H groups in total. The Morgan fingerprint density at radius 1 is 1.21 bits per heavy atom. The van der Waals surface area contributed by atoms with Crippen molar-refractivity contribution in [3.63, 3.8) is 0 Å². The van der Waals surface area contributed by atoms with Crippen molar-refractivity contribution in [1.29, 1.82) is 0 Å². The van der Waals surface area contributed by atoms with Crippen molar-refractivity contribution in [3.8, 4) is 0 Å². The highest BCUT2D eigenvalue weighted by molar-refractivity contribution is 6.21. The van der Waals surface area contributed by atoms with Crippen molar-refractivity contribution in [2.45, 2.75) is 61.5 Å². The molecule has 156 valence electrons. The number of aliphatic hydroxyl groups excluding tert-OH is 3. The first kappa shape index (κ1) is 21.5. The number of halogens is 1. The van der Waals surface area contributed by atoms with Gasteiger partial charge in [0.25, 0.3) is 5.91 Å². The van der Waals surface area contributed by atoms with E-state index in [4.69, 9.17) is 16.3 Å². The zero-order valence-corrected chi connectivity index (χ0v) is 16.7. The fourth-order valence-electron chi connectivity index (χ4n) is 4.03. The number of carbonyl (C=O) groups excluding carboxylic acids is 1. The Labute approximate surface area is 170 Å². The average molecular weight is 413 g/mol. The second kappa shape index (κ2) is 9.52. The van der Waals surface area contributed by atoms with Gasteiger partial charge in [0.1, 0.15) is 24.4 Å². The summed E-state index contributed by atoms with van der Waals surface area (Å²) in [5.74, 6) is 0.0200. The molecule has 1 amide bonds. The van der Waals surface area contributed by atoms with Gasteiger partial charge in [-0.2, -0.15) is 0 Å². The van der Waals surface area contributed by atoms with Crippen LogP contribution in [0.5, 0.6) is 0 Å². The number of benzene rings is 1. The number of rotatable bonds is 5. The Bertz CT molecular complexity index is 668. The molecule has 2 fully saturated rings. The van der Waals surface area contributed by atoms with E-state index in [1.807, 2.05) is 18.2 Å². The van der Waals surface area contributed by atoms with Gasteiger partial charge in [0.05, 0.1) is 18.0 Å². The van der Waals surface area contributed by atoms with Crippen molar-refractivity contribution < 1.29 is 24.9 Å². The van der Waals surface area contributed by atoms with Gasteiger partial charge in [-0.25, -0.2) is 0 Å². The molecule has 1 unspecified atom stereocenters. The fourth-order valence-corrected chi connectivity index (χ4v) is 4.23. The lowest BCUT2D eigenvalue weighted by molar-refractivity contribution is -0.193. The SMILES string of the molecule is C[C@H](Cl)[C@H](NC(=O)c1ccccc1C1CCNCC1)C1OC[C@H](O)[C@@H](O)[C@H]1O. The summed E-state index contributed by atoms with van der Waals surface area (Å²) in [4.78, 5) is 13.1. The van der Waals surface area contributed by atoms with E-state index >= 15 is 0 Å². The van der Waals surface area contributed by atoms with Crippen LogP contribution in [0.2, 0.25) is 0 Å². The first-order valence-electron chi connectivity index (χ1n) is 9.80. The molecule has 0 aliphatic carbocycles. The van der Waals surface area contributed by atoms with Crippen LogP contribution < -0.4 is 10.6 Å². The van der Waals surface area contributed by atoms with Crippen LogP contribution in [0.3, 0.4) is 0 Å². The summed E-state index contributed by atoms with van der Waals surface area (Å²) < 4.78 is 5.51. The van der Waals surface area contributed by atoms with Crippen LogP contribution in [0, 0.1) is 0 Å². The minimum Gasteiger partial charge on any atom is -0.388 e. The monoisotopic (exact) mass is 412 g/mol. The van der Waals surface area contributed by atoms with E-state index in [2.05, 4.69) is 10.6 Å². The Hall–Kier alpha value is -1.22. The maximum Gasteiger partial charge on any atom is 0.251 e. The number of nitrogens with one attached hydrogen (secondary N) is 2. The van der Waals surface area contributed by atoms with E-state index < -0.39 is 35.8 Å². The number of piperidine rings is 1. The number of aliphatic hydroxyl groups is 3. The second-order valence-electron chi connectivity index (χ2n) is 7.63. The molecular weight excluding hydrogens is 384 g/mol. The molecule has 2 aliphatic heterocycles. The average Bonchev–Trinajstić information content (AvgIpc) is 2.71. The Morgan fingerprint density at radius 2 is 1.89 bits per heavy atom. The molecule has 8 heteroatoms. The molecule has 28 heavy (non-hydrogen) atoms. The van der Waals surface area contributed by atoms with Gasteiger partial charge in [-0.1, -0.05) is 18.2 Å². The Morgan fingerprint density at radius 3 is 2.57 bits per heavy atom. The number of carbonyl (C=O) groups is 1. The van der Waals surface area contributed by atoms with Crippen LogP contribution in [0.4, 0.5) is 0 Å². The summed E-state index contributed by atoms with van der Waals surface area (Å²) in [6.45, 7) is 3.40. The third-order valence-electron chi connectivity index (χ3n) is 5.67. The summed E-state index contributed by atoms with van der Waals surface area (Å²) >= 11 is 6.29. The van der Waals surface area contributed by atoms with Gasteiger partial charge in [0.2, 0.25) is 0 Å². The van der Waals surface area contributed by atoms with Crippen LogP contribution >= 0.6 is 11.6 Å². The zero-order valence-electron chi connectivity index (χ0n) is 15.9. The lowest BCUT2D eigenvalue weighted by Crippen LogP contribution is -2.62. The molecule has 3 rings (SSSR count). The van der Waals surface area contributed by atoms with Crippen LogP contribution in [0.15, 0.2) is 24.3 Å². The summed E-state index contributed by atoms with van der Waals surface area (Å²) in [5, 5.41) is 35.6. The molecule has 2 aliphatic rings. The molecule has 0 spiro atoms. The number of hydrogen-bond donors (Lipinski definition) is 5. The third-order valence-corrected chi connectivity index (χ3v) is 5.94. The molecular formula is C20H29ClN2O5. The Balaban J connectivity index is 1.78. The summed E-state index contributed by atoms with van der Waals surface area (Å²) in [6, 6.07) is 6.80. The van der Waals surface area contributed by atoms with E-state index in [0.29, 0.717) is 11.5 Å². The molecule has 2 saturated heterocycles. The first-order valence-corrected chi connectivity index (χ1v) is 10.2. The largest absolute Gasteiger partial charge is 0.388 e. The standard InChI is InChI=1S/C20H29ClN2O5/c1-11(21)16(19-18(26)17(25)15(24)10-28-19)23-20(27)14-5-3-2-4-13(14)12-6-8-22-9-7-12/h2-5,11-12,15-19,22,24-26H,6-10H2,1H3,(H,23,27)/t11-,15-,16-,17+,18+,19?/m0/s1. The minimum atomic E-state index is -1.35. The van der Waals surface area contributed by atoms with Crippen molar-refractivity contribution in [1.82, 2.24) is 10.6 Å². The smallest absolute Gasteiger partial charge is 0.251 e. The number of amides is 1. The number of alkyl halides is 1. The normalized spacial score (nSPS) is 31.2. The number of hydrogen-bond acceptors (Lipinski definition) is 6. The first-order chi connectivity index (χ1) is 13.4. The minimum absolute atomic E-state index is 0.134. The maximum absolute atomic E-state index is 13.1. The van der Waals surface area contributed by atoms with E-state index in [1.54, 1.807) is 13.0 Å². The molecule has 0 radical (unpaired) electrons. The van der Waals surface area contributed by atoms with Crippen LogP contribution in [-0.2, 0) is 4.74 Å². The van der Waals surface area contributed by atoms with Crippen molar-refractivity contribution in [2.75, 3.05) is 19.7 Å². The summed E-state index contributed by atoms with van der Waals surface area (Å²) in [7, 11) is 0. The molecule has 2 heterocycles. The van der Waals surface area contributed by atoms with Crippen LogP contribution in [-0.4, -0.2) is 76.8 Å². The lowest BCUT2D eigenvalue weighted by Gasteiger charge is -2.40. The predicted octanol–water partition coefficient (Wildman–Crippen LogP) is 0.361. The Kier molecular flexibility index (Phi) is 7.31. The highest BCUT2D eigenvalue weighted by Crippen LogP contribution is 2.29. The maximum atomic E-state index is 13.1. The molecule has 0 aromatic heterocycles. The van der Waals surface area contributed by atoms with Crippen LogP contribution in [0.25, 0.3) is 0 Å². The van der Waals surface area contributed by atoms with Gasteiger partial charge < -0.3 is 30.7 Å². The van der Waals surface area contributed by atoms with Crippen LogP contribution in [0.1, 0.15) is 41.6 Å². The predicted molar refractivity (Wildman–Crippen MR) is 106 cm³/mol. The highest BCUT2D eigenvalue weighted by Gasteiger charge is 2.43. The lowest BCUT2D eigenvalue weighted by atomic mass is 9.86. The highest BCUT2D eigenvalue weighted by atomic mass is 35.5. The van der Waals surface area contributed by atoms with Gasteiger partial charge in [0.15, 0.2) is 0 Å². The summed E-state index contributed by atoms with van der Waals surface area (Å²) in [6.07, 6.45) is -2.86. The molecule has 0 saturated carbocycles. The molecule has 7 nitrogen and oxygen atoms in total. The molecule has 1 aromatic rings. The molecule has 1 aromatic carbocycles. The summed E-state index contributed by atoms with van der Waals surface area (Å²) in [5.41, 5.74) is 1.59. The van der Waals surface area contributed by atoms with Gasteiger partial charge in [-0.3, -0.25) is 4.79 Å². The van der Waals surface area contributed by atoms with Gasteiger partial charge in [0, 0.05) is 5.56 Å². The van der Waals surface area contributed by atoms with E-state index in [9.17, 15) is 20.1 Å². The molecule has 6 atom stereocenters. The van der Waals surface area contributed by atoms with Crippen molar-refractivity contribution in [2.24, 2.45) is 0 Å². The zero-order chi connectivity index (χ0) is 20.3. The van der Waals surface area contributed by atoms with Crippen molar-refractivity contribution in [3.05, 3.63) is 35.4 Å². The number of ether oxygens (including phenoxy) is 1. The van der Waals surface area contributed by atoms with E-state index in [1.165, 1.54) is 0 Å². The fraction of sp³-hybridized carbons (Fsp3) is 0.650.